The SMILES string of the molecule is O=C(C[C@@H]1SC(=Nc2ccccc2)N(C[C@H]2CCCO2)C1=O)Nc1cc(C(F)(F)F)ccc1Cl. The Labute approximate surface area is 203 Å². The molecule has 0 spiro atoms. The van der Waals surface area contributed by atoms with Gasteiger partial charge in [0.25, 0.3) is 0 Å². The van der Waals surface area contributed by atoms with Crippen molar-refractivity contribution in [3.63, 3.8) is 0 Å². The molecule has 2 aromatic rings. The number of amidine groups is 1. The predicted octanol–water partition coefficient (Wildman–Crippen LogP) is 5.50. The summed E-state index contributed by atoms with van der Waals surface area (Å²) in [5, 5.41) is 2.06. The van der Waals surface area contributed by atoms with Crippen LogP contribution in [0.3, 0.4) is 0 Å². The topological polar surface area (TPSA) is 71.0 Å². The van der Waals surface area contributed by atoms with Crippen molar-refractivity contribution < 1.29 is 27.5 Å². The third-order valence-corrected chi connectivity index (χ3v) is 6.85. The fourth-order valence-electron chi connectivity index (χ4n) is 3.67. The van der Waals surface area contributed by atoms with Gasteiger partial charge in [-0.25, -0.2) is 4.99 Å². The molecule has 2 aromatic carbocycles. The zero-order chi connectivity index (χ0) is 24.3. The molecule has 2 saturated heterocycles. The van der Waals surface area contributed by atoms with Crippen molar-refractivity contribution in [2.45, 2.75) is 36.8 Å². The number of hydrogen-bond donors (Lipinski definition) is 1. The number of hydrogen-bond acceptors (Lipinski definition) is 5. The highest BCUT2D eigenvalue weighted by Crippen LogP contribution is 2.35. The van der Waals surface area contributed by atoms with E-state index in [4.69, 9.17) is 16.3 Å². The number of halogens is 4. The molecule has 2 aliphatic heterocycles. The molecule has 11 heteroatoms. The second-order valence-corrected chi connectivity index (χ2v) is 9.44. The molecule has 4 rings (SSSR count). The highest BCUT2D eigenvalue weighted by atomic mass is 35.5. The van der Waals surface area contributed by atoms with Crippen molar-refractivity contribution in [3.8, 4) is 0 Å². The number of aliphatic imine (C=N–C) groups is 1. The Balaban J connectivity index is 1.49. The second kappa shape index (κ2) is 10.4. The molecule has 0 aromatic heterocycles. The molecule has 34 heavy (non-hydrogen) atoms. The first-order valence-electron chi connectivity index (χ1n) is 10.6. The highest BCUT2D eigenvalue weighted by Gasteiger charge is 2.41. The van der Waals surface area contributed by atoms with Gasteiger partial charge in [0, 0.05) is 13.0 Å². The third kappa shape index (κ3) is 5.92. The first-order chi connectivity index (χ1) is 16.2. The lowest BCUT2D eigenvalue weighted by atomic mass is 10.1. The van der Waals surface area contributed by atoms with Crippen LogP contribution in [0, 0.1) is 0 Å². The van der Waals surface area contributed by atoms with Crippen LogP contribution in [-0.2, 0) is 20.5 Å². The maximum Gasteiger partial charge on any atom is 0.416 e. The van der Waals surface area contributed by atoms with Gasteiger partial charge in [-0.1, -0.05) is 41.6 Å². The minimum Gasteiger partial charge on any atom is -0.376 e. The van der Waals surface area contributed by atoms with Crippen LogP contribution in [0.4, 0.5) is 24.5 Å². The number of carbonyl (C=O) groups is 2. The molecule has 0 saturated carbocycles. The average molecular weight is 512 g/mol. The number of para-hydroxylation sites is 1. The van der Waals surface area contributed by atoms with Crippen LogP contribution < -0.4 is 5.32 Å². The summed E-state index contributed by atoms with van der Waals surface area (Å²) in [6.45, 7) is 0.962. The number of amides is 2. The summed E-state index contributed by atoms with van der Waals surface area (Å²) < 4.78 is 44.7. The molecular formula is C23H21ClF3N3O3S. The van der Waals surface area contributed by atoms with E-state index >= 15 is 0 Å². The molecule has 2 heterocycles. The van der Waals surface area contributed by atoms with Crippen LogP contribution in [0.15, 0.2) is 53.5 Å². The van der Waals surface area contributed by atoms with Crippen molar-refractivity contribution >= 4 is 51.7 Å². The smallest absolute Gasteiger partial charge is 0.376 e. The van der Waals surface area contributed by atoms with E-state index in [1.165, 1.54) is 4.90 Å². The molecule has 0 bridgehead atoms. The zero-order valence-corrected chi connectivity index (χ0v) is 19.4. The predicted molar refractivity (Wildman–Crippen MR) is 125 cm³/mol. The molecule has 2 atom stereocenters. The van der Waals surface area contributed by atoms with Crippen LogP contribution in [0.25, 0.3) is 0 Å². The molecule has 0 aliphatic carbocycles. The van der Waals surface area contributed by atoms with Gasteiger partial charge in [0.2, 0.25) is 11.8 Å². The van der Waals surface area contributed by atoms with Crippen molar-refractivity contribution in [3.05, 3.63) is 59.1 Å². The molecule has 0 unspecified atom stereocenters. The quantitative estimate of drug-likeness (QED) is 0.556. The van der Waals surface area contributed by atoms with Gasteiger partial charge in [-0.05, 0) is 43.2 Å². The summed E-state index contributed by atoms with van der Waals surface area (Å²) in [4.78, 5) is 31.9. The number of nitrogens with one attached hydrogen (secondary N) is 1. The van der Waals surface area contributed by atoms with E-state index in [-0.39, 0.29) is 29.1 Å². The standard InChI is InChI=1S/C23H21ClF3N3O3S/c24-17-9-8-14(23(25,26)27)11-18(17)29-20(31)12-19-21(32)30(13-16-7-4-10-33-16)22(34-19)28-15-5-2-1-3-6-15/h1-3,5-6,8-9,11,16,19H,4,7,10,12-13H2,(H,29,31)/t16-,19+/m1/s1. The minimum atomic E-state index is -4.58. The van der Waals surface area contributed by atoms with E-state index < -0.39 is 22.9 Å². The summed E-state index contributed by atoms with van der Waals surface area (Å²) >= 11 is 7.12. The summed E-state index contributed by atoms with van der Waals surface area (Å²) in [7, 11) is 0. The first-order valence-corrected chi connectivity index (χ1v) is 11.9. The molecule has 6 nitrogen and oxygen atoms in total. The zero-order valence-electron chi connectivity index (χ0n) is 17.8. The maximum absolute atomic E-state index is 13.1. The monoisotopic (exact) mass is 511 g/mol. The van der Waals surface area contributed by atoms with E-state index in [9.17, 15) is 22.8 Å². The van der Waals surface area contributed by atoms with Crippen LogP contribution in [-0.4, -0.2) is 46.4 Å². The van der Waals surface area contributed by atoms with Crippen molar-refractivity contribution in [2.24, 2.45) is 4.99 Å². The second-order valence-electron chi connectivity index (χ2n) is 7.86. The van der Waals surface area contributed by atoms with Crippen LogP contribution in [0.5, 0.6) is 0 Å². The van der Waals surface area contributed by atoms with E-state index in [2.05, 4.69) is 10.3 Å². The molecule has 2 fully saturated rings. The van der Waals surface area contributed by atoms with E-state index in [1.807, 2.05) is 18.2 Å². The fraction of sp³-hybridized carbons (Fsp3) is 0.348. The third-order valence-electron chi connectivity index (χ3n) is 5.35. The highest BCUT2D eigenvalue weighted by molar-refractivity contribution is 8.15. The number of anilines is 1. The molecule has 2 amide bonds. The van der Waals surface area contributed by atoms with Crippen LogP contribution >= 0.6 is 23.4 Å². The summed E-state index contributed by atoms with van der Waals surface area (Å²) in [5.41, 5.74) is -0.430. The Bertz CT molecular complexity index is 1090. The Morgan fingerprint density at radius 1 is 1.24 bits per heavy atom. The maximum atomic E-state index is 13.1. The van der Waals surface area contributed by atoms with Gasteiger partial charge in [-0.3, -0.25) is 14.5 Å². The number of ether oxygens (including phenoxy) is 1. The Morgan fingerprint density at radius 3 is 2.68 bits per heavy atom. The normalized spacial score (nSPS) is 21.9. The van der Waals surface area contributed by atoms with Gasteiger partial charge in [0.05, 0.1) is 34.6 Å². The van der Waals surface area contributed by atoms with Crippen LogP contribution in [0.2, 0.25) is 5.02 Å². The lowest BCUT2D eigenvalue weighted by molar-refractivity contribution is -0.137. The van der Waals surface area contributed by atoms with Crippen molar-refractivity contribution in [1.29, 1.82) is 0 Å². The number of nitrogens with zero attached hydrogens (tertiary/aromatic N) is 2. The summed E-state index contributed by atoms with van der Waals surface area (Å²) in [6.07, 6.45) is -3.19. The van der Waals surface area contributed by atoms with Gasteiger partial charge in [-0.2, -0.15) is 13.2 Å². The minimum absolute atomic E-state index is 0.0295. The number of carbonyl (C=O) groups excluding carboxylic acids is 2. The van der Waals surface area contributed by atoms with Gasteiger partial charge in [0.15, 0.2) is 5.17 Å². The lowest BCUT2D eigenvalue weighted by Gasteiger charge is -2.20. The van der Waals surface area contributed by atoms with Gasteiger partial charge < -0.3 is 10.1 Å². The molecule has 180 valence electrons. The molecule has 2 aliphatic rings. The van der Waals surface area contributed by atoms with Gasteiger partial charge in [-0.15, -0.1) is 0 Å². The fourth-order valence-corrected chi connectivity index (χ4v) is 5.00. The number of thioether (sulfide) groups is 1. The number of rotatable bonds is 6. The van der Waals surface area contributed by atoms with E-state index in [1.54, 1.807) is 12.1 Å². The average Bonchev–Trinajstić information content (AvgIpc) is 3.40. The first kappa shape index (κ1) is 24.6. The Hall–Kier alpha value is -2.56. The van der Waals surface area contributed by atoms with E-state index in [0.717, 1.165) is 42.8 Å². The number of benzene rings is 2. The summed E-state index contributed by atoms with van der Waals surface area (Å²) in [6, 6.07) is 11.8. The Kier molecular flexibility index (Phi) is 7.49. The summed E-state index contributed by atoms with van der Waals surface area (Å²) in [5.74, 6) is -0.912. The van der Waals surface area contributed by atoms with Gasteiger partial charge >= 0.3 is 6.18 Å². The van der Waals surface area contributed by atoms with Gasteiger partial charge in [0.1, 0.15) is 5.25 Å². The van der Waals surface area contributed by atoms with Crippen molar-refractivity contribution in [2.75, 3.05) is 18.5 Å². The molecule has 1 N–H and O–H groups in total. The van der Waals surface area contributed by atoms with Crippen molar-refractivity contribution in [1.82, 2.24) is 4.90 Å². The Morgan fingerprint density at radius 2 is 2.00 bits per heavy atom. The molecule has 0 radical (unpaired) electrons. The molecular weight excluding hydrogens is 491 g/mol. The van der Waals surface area contributed by atoms with Crippen LogP contribution in [0.1, 0.15) is 24.8 Å². The largest absolute Gasteiger partial charge is 0.416 e. The van der Waals surface area contributed by atoms with E-state index in [0.29, 0.717) is 24.0 Å². The number of alkyl halides is 3. The lowest BCUT2D eigenvalue weighted by Crippen LogP contribution is -2.38.